The molecule has 136 valence electrons. The summed E-state index contributed by atoms with van der Waals surface area (Å²) < 4.78 is 50.6. The maximum Gasteiger partial charge on any atom is 0.417 e. The first-order valence-electron chi connectivity index (χ1n) is 7.97. The normalized spacial score (nSPS) is 14.6. The average molecular weight is 370 g/mol. The number of methoxy groups -OCH3 is 1. The van der Waals surface area contributed by atoms with Crippen molar-refractivity contribution >= 4 is 13.9 Å². The van der Waals surface area contributed by atoms with E-state index in [0.29, 0.717) is 17.5 Å². The Bertz CT molecular complexity index is 703. The van der Waals surface area contributed by atoms with Crippen LogP contribution < -0.4 is 10.0 Å². The highest BCUT2D eigenvalue weighted by Gasteiger charge is 2.36. The molecule has 0 radical (unpaired) electrons. The minimum atomic E-state index is -4.36. The van der Waals surface area contributed by atoms with Crippen LogP contribution in [0.5, 0.6) is 5.75 Å². The quantitative estimate of drug-likeness (QED) is 0.485. The number of para-hydroxylation sites is 1. The van der Waals surface area contributed by atoms with Crippen LogP contribution in [0.3, 0.4) is 0 Å². The maximum atomic E-state index is 13.3. The molecule has 0 fully saturated rings. The number of benzene rings is 2. The molecule has 2 unspecified atom stereocenters. The molecule has 2 nitrogen and oxygen atoms in total. The lowest BCUT2D eigenvalue weighted by Crippen LogP contribution is -2.23. The molecular formula is C19H22F3O2P. The van der Waals surface area contributed by atoms with Crippen molar-refractivity contribution in [2.24, 2.45) is 0 Å². The Labute approximate surface area is 148 Å². The van der Waals surface area contributed by atoms with Crippen LogP contribution in [-0.2, 0) is 16.1 Å². The van der Waals surface area contributed by atoms with Gasteiger partial charge in [0.1, 0.15) is 5.75 Å². The molecule has 0 heterocycles. The molecule has 2 aromatic rings. The molecule has 0 amide bonds. The van der Waals surface area contributed by atoms with Gasteiger partial charge in [0.05, 0.1) is 5.56 Å². The van der Waals surface area contributed by atoms with Crippen molar-refractivity contribution in [3.63, 3.8) is 0 Å². The summed E-state index contributed by atoms with van der Waals surface area (Å²) >= 11 is 0. The minimum Gasteiger partial charge on any atom is -0.467 e. The summed E-state index contributed by atoms with van der Waals surface area (Å²) in [5.74, 6) is 0.644. The van der Waals surface area contributed by atoms with E-state index in [1.165, 1.54) is 13.2 Å². The molecule has 2 atom stereocenters. The largest absolute Gasteiger partial charge is 0.467 e. The van der Waals surface area contributed by atoms with Crippen molar-refractivity contribution in [2.45, 2.75) is 31.6 Å². The zero-order chi connectivity index (χ0) is 18.5. The second kappa shape index (κ2) is 8.20. The second-order valence-corrected chi connectivity index (χ2v) is 7.79. The Morgan fingerprint density at radius 1 is 0.960 bits per heavy atom. The number of ether oxygens (including phenoxy) is 2. The number of hydrogen-bond acceptors (Lipinski definition) is 2. The number of rotatable bonds is 7. The van der Waals surface area contributed by atoms with Gasteiger partial charge >= 0.3 is 6.18 Å². The topological polar surface area (TPSA) is 18.5 Å². The summed E-state index contributed by atoms with van der Waals surface area (Å²) in [6.07, 6.45) is -3.67. The molecule has 2 aromatic carbocycles. The molecule has 0 aliphatic rings. The van der Waals surface area contributed by atoms with E-state index in [1.807, 2.05) is 38.1 Å². The van der Waals surface area contributed by atoms with Gasteiger partial charge in [0.25, 0.3) is 0 Å². The van der Waals surface area contributed by atoms with Crippen LogP contribution in [0.25, 0.3) is 0 Å². The Morgan fingerprint density at radius 3 is 2.16 bits per heavy atom. The maximum absolute atomic E-state index is 13.3. The molecule has 0 bridgehead atoms. The van der Waals surface area contributed by atoms with Gasteiger partial charge < -0.3 is 9.47 Å². The molecule has 2 rings (SSSR count). The first-order valence-corrected chi connectivity index (χ1v) is 8.97. The van der Waals surface area contributed by atoms with Crippen molar-refractivity contribution < 1.29 is 22.6 Å². The highest BCUT2D eigenvalue weighted by molar-refractivity contribution is 7.48. The summed E-state index contributed by atoms with van der Waals surface area (Å²) in [7, 11) is 1.49. The Hall–Kier alpha value is -1.58. The zero-order valence-electron chi connectivity index (χ0n) is 14.5. The van der Waals surface area contributed by atoms with Crippen LogP contribution in [0.4, 0.5) is 13.2 Å². The summed E-state index contributed by atoms with van der Waals surface area (Å²) in [5, 5.41) is -0.146. The van der Waals surface area contributed by atoms with Gasteiger partial charge in [-0.25, -0.2) is 0 Å². The van der Waals surface area contributed by atoms with Gasteiger partial charge in [0.15, 0.2) is 6.79 Å². The predicted octanol–water partition coefficient (Wildman–Crippen LogP) is 5.32. The first kappa shape index (κ1) is 19.7. The van der Waals surface area contributed by atoms with Crippen LogP contribution in [0.1, 0.15) is 31.4 Å². The molecule has 0 aromatic heterocycles. The van der Waals surface area contributed by atoms with Crippen molar-refractivity contribution in [1.82, 2.24) is 0 Å². The van der Waals surface area contributed by atoms with Crippen LogP contribution in [0.15, 0.2) is 48.5 Å². The molecule has 0 aliphatic carbocycles. The molecule has 0 aliphatic heterocycles. The van der Waals surface area contributed by atoms with Crippen LogP contribution >= 0.6 is 8.58 Å². The third-order valence-electron chi connectivity index (χ3n) is 4.16. The third kappa shape index (κ3) is 4.74. The van der Waals surface area contributed by atoms with E-state index in [0.717, 1.165) is 11.6 Å². The molecule has 0 saturated carbocycles. The molecule has 0 spiro atoms. The van der Waals surface area contributed by atoms with Gasteiger partial charge in [0.2, 0.25) is 0 Å². The summed E-state index contributed by atoms with van der Waals surface area (Å²) in [6, 6.07) is 13.2. The molecule has 0 N–H and O–H groups in total. The summed E-state index contributed by atoms with van der Waals surface area (Å²) in [4.78, 5) is 0. The molecule has 25 heavy (non-hydrogen) atoms. The van der Waals surface area contributed by atoms with Gasteiger partial charge in [-0.2, -0.15) is 13.2 Å². The van der Waals surface area contributed by atoms with E-state index in [1.54, 1.807) is 12.1 Å². The van der Waals surface area contributed by atoms with Crippen molar-refractivity contribution in [2.75, 3.05) is 13.9 Å². The fraction of sp³-hybridized carbons (Fsp3) is 0.368. The van der Waals surface area contributed by atoms with Crippen LogP contribution in [-0.4, -0.2) is 13.9 Å². The van der Waals surface area contributed by atoms with E-state index < -0.39 is 16.9 Å². The van der Waals surface area contributed by atoms with Gasteiger partial charge in [-0.3, -0.25) is 0 Å². The van der Waals surface area contributed by atoms with E-state index in [4.69, 9.17) is 9.47 Å². The van der Waals surface area contributed by atoms with Crippen LogP contribution in [0, 0.1) is 0 Å². The Kier molecular flexibility index (Phi) is 6.47. The van der Waals surface area contributed by atoms with E-state index in [9.17, 15) is 13.2 Å². The van der Waals surface area contributed by atoms with E-state index in [2.05, 4.69) is 0 Å². The SMILES string of the molecule is CCC(C)(Pc1ccccc1C(F)(F)F)c1ccccc1OCOC. The fourth-order valence-corrected chi connectivity index (χ4v) is 4.31. The highest BCUT2D eigenvalue weighted by Crippen LogP contribution is 2.48. The first-order chi connectivity index (χ1) is 11.8. The minimum absolute atomic E-state index is 0.0410. The average Bonchev–Trinajstić information content (AvgIpc) is 2.59. The summed E-state index contributed by atoms with van der Waals surface area (Å²) in [6.45, 7) is 4.06. The Balaban J connectivity index is 2.43. The van der Waals surface area contributed by atoms with E-state index >= 15 is 0 Å². The van der Waals surface area contributed by atoms with Gasteiger partial charge in [0, 0.05) is 17.8 Å². The molecular weight excluding hydrogens is 348 g/mol. The smallest absolute Gasteiger partial charge is 0.417 e. The van der Waals surface area contributed by atoms with Gasteiger partial charge in [-0.15, -0.1) is 0 Å². The van der Waals surface area contributed by atoms with Crippen molar-refractivity contribution in [3.8, 4) is 5.75 Å². The van der Waals surface area contributed by atoms with E-state index in [-0.39, 0.29) is 15.4 Å². The van der Waals surface area contributed by atoms with Crippen LogP contribution in [0.2, 0.25) is 0 Å². The predicted molar refractivity (Wildman–Crippen MR) is 96.0 cm³/mol. The van der Waals surface area contributed by atoms with Crippen molar-refractivity contribution in [3.05, 3.63) is 59.7 Å². The van der Waals surface area contributed by atoms with Crippen molar-refractivity contribution in [1.29, 1.82) is 0 Å². The highest BCUT2D eigenvalue weighted by atomic mass is 31.1. The lowest BCUT2D eigenvalue weighted by Gasteiger charge is -2.31. The molecule has 6 heteroatoms. The van der Waals surface area contributed by atoms with Gasteiger partial charge in [-0.05, 0) is 23.9 Å². The van der Waals surface area contributed by atoms with Gasteiger partial charge in [-0.1, -0.05) is 58.8 Å². The number of halogens is 3. The number of hydrogen-bond donors (Lipinski definition) is 0. The second-order valence-electron chi connectivity index (χ2n) is 5.90. The monoisotopic (exact) mass is 370 g/mol. The lowest BCUT2D eigenvalue weighted by atomic mass is 9.96. The molecule has 0 saturated heterocycles. The third-order valence-corrected chi connectivity index (χ3v) is 6.04. The number of alkyl halides is 3. The fourth-order valence-electron chi connectivity index (χ4n) is 2.65. The standard InChI is InChI=1S/C19H22F3O2P/c1-4-18(2,14-9-5-7-11-16(14)24-13-23-3)25-17-12-8-6-10-15(17)19(20,21)22/h5-12,25H,4,13H2,1-3H3. The Morgan fingerprint density at radius 2 is 1.56 bits per heavy atom. The summed E-state index contributed by atoms with van der Waals surface area (Å²) in [5.41, 5.74) is 0.327. The lowest BCUT2D eigenvalue weighted by molar-refractivity contribution is -0.136. The zero-order valence-corrected chi connectivity index (χ0v) is 15.5.